The zero-order chi connectivity index (χ0) is 9.07. The fraction of sp³-hybridized carbons (Fsp3) is 0.714. The quantitative estimate of drug-likeness (QED) is 0.562. The third-order valence-corrected chi connectivity index (χ3v) is 0.728. The maximum Gasteiger partial charge on any atom is 0.347 e. The van der Waals surface area contributed by atoms with Gasteiger partial charge < -0.3 is 9.53 Å². The van der Waals surface area contributed by atoms with Crippen molar-refractivity contribution in [3.63, 3.8) is 0 Å². The number of carbonyl (C=O) groups excluding carboxylic acids is 2. The molecule has 0 aromatic carbocycles. The van der Waals surface area contributed by atoms with Crippen molar-refractivity contribution in [2.24, 2.45) is 0 Å². The minimum Gasteiger partial charge on any atom is -0.468 e. The van der Waals surface area contributed by atoms with E-state index in [2.05, 4.69) is 0 Å². The average Bonchev–Trinajstić information content (AvgIpc) is 1.53. The van der Waals surface area contributed by atoms with Crippen molar-refractivity contribution in [2.75, 3.05) is 0 Å². The van der Waals surface area contributed by atoms with Gasteiger partial charge >= 0.3 is 7.28 Å². The lowest BCUT2D eigenvalue weighted by Gasteiger charge is -2.18. The molecule has 0 heterocycles. The van der Waals surface area contributed by atoms with Crippen molar-refractivity contribution in [1.82, 2.24) is 0 Å². The van der Waals surface area contributed by atoms with Gasteiger partial charge in [0, 0.05) is 0 Å². The summed E-state index contributed by atoms with van der Waals surface area (Å²) < 4.78 is 4.83. The zero-order valence-corrected chi connectivity index (χ0v) is 7.30. The first-order valence-corrected chi connectivity index (χ1v) is 3.39. The molecule has 0 fully saturated rings. The average molecular weight is 155 g/mol. The van der Waals surface area contributed by atoms with Crippen LogP contribution in [0.15, 0.2) is 0 Å². The summed E-state index contributed by atoms with van der Waals surface area (Å²) in [5.74, 6) is -0.579. The highest BCUT2D eigenvalue weighted by Crippen LogP contribution is 2.06. The van der Waals surface area contributed by atoms with Crippen LogP contribution in [0.5, 0.6) is 0 Å². The van der Waals surface area contributed by atoms with E-state index in [0.717, 1.165) is 7.28 Å². The molecule has 0 saturated carbocycles. The predicted molar refractivity (Wildman–Crippen MR) is 42.7 cm³/mol. The van der Waals surface area contributed by atoms with Crippen LogP contribution in [0.1, 0.15) is 27.7 Å². The first kappa shape index (κ1) is 10.2. The molecule has 0 aliphatic rings. The minimum absolute atomic E-state index is 0.292. The standard InChI is InChI=1S/C7H12BO3/c1-5(9)8-6(10)11-7(2,3)4/h1-4H3. The molecule has 3 nitrogen and oxygen atoms in total. The largest absolute Gasteiger partial charge is 0.468 e. The molecule has 0 amide bonds. The van der Waals surface area contributed by atoms with Crippen LogP contribution in [0.2, 0.25) is 0 Å². The highest BCUT2D eigenvalue weighted by Gasteiger charge is 2.18. The van der Waals surface area contributed by atoms with E-state index in [1.807, 2.05) is 0 Å². The summed E-state index contributed by atoms with van der Waals surface area (Å²) in [5, 5.41) is 0. The van der Waals surface area contributed by atoms with Crippen molar-refractivity contribution < 1.29 is 14.3 Å². The zero-order valence-electron chi connectivity index (χ0n) is 7.30. The Bertz CT molecular complexity index is 169. The molecular formula is C7H12BO3. The molecule has 0 rings (SSSR count). The van der Waals surface area contributed by atoms with Gasteiger partial charge in [0.1, 0.15) is 5.60 Å². The lowest BCUT2D eigenvalue weighted by molar-refractivity contribution is -0.110. The maximum atomic E-state index is 10.8. The van der Waals surface area contributed by atoms with Crippen LogP contribution in [0.25, 0.3) is 0 Å². The summed E-state index contributed by atoms with van der Waals surface area (Å²) in [6.45, 7) is 6.56. The van der Waals surface area contributed by atoms with Crippen LogP contribution in [0.3, 0.4) is 0 Å². The van der Waals surface area contributed by atoms with Gasteiger partial charge in [0.05, 0.1) is 5.68 Å². The van der Waals surface area contributed by atoms with Crippen molar-refractivity contribution in [3.05, 3.63) is 0 Å². The van der Waals surface area contributed by atoms with Gasteiger partial charge in [-0.25, -0.2) is 0 Å². The van der Waals surface area contributed by atoms with Crippen molar-refractivity contribution in [3.8, 4) is 0 Å². The Labute approximate surface area is 67.4 Å². The second-order valence-corrected chi connectivity index (χ2v) is 3.29. The van der Waals surface area contributed by atoms with E-state index >= 15 is 0 Å². The summed E-state index contributed by atoms with van der Waals surface area (Å²) in [4.78, 5) is 21.2. The molecule has 0 aliphatic heterocycles. The molecule has 0 aliphatic carbocycles. The number of rotatable bonds is 2. The van der Waals surface area contributed by atoms with Gasteiger partial charge in [-0.1, -0.05) is 0 Å². The lowest BCUT2D eigenvalue weighted by atomic mass is 9.74. The Kier molecular flexibility index (Phi) is 3.30. The molecule has 0 atom stereocenters. The van der Waals surface area contributed by atoms with Gasteiger partial charge in [0.15, 0.2) is 0 Å². The Balaban J connectivity index is 3.80. The third kappa shape index (κ3) is 7.10. The Morgan fingerprint density at radius 2 is 1.73 bits per heavy atom. The summed E-state index contributed by atoms with van der Waals surface area (Å²) >= 11 is 0. The summed E-state index contributed by atoms with van der Waals surface area (Å²) in [7, 11) is 0.936. The van der Waals surface area contributed by atoms with Crippen LogP contribution in [-0.4, -0.2) is 24.4 Å². The molecule has 61 valence electrons. The van der Waals surface area contributed by atoms with Crippen LogP contribution < -0.4 is 0 Å². The van der Waals surface area contributed by atoms with Crippen LogP contribution in [-0.2, 0) is 9.53 Å². The number of carbonyl (C=O) groups is 2. The van der Waals surface area contributed by atoms with E-state index in [4.69, 9.17) is 4.74 Å². The van der Waals surface area contributed by atoms with E-state index in [1.165, 1.54) is 6.92 Å². The molecule has 1 radical (unpaired) electrons. The first-order valence-electron chi connectivity index (χ1n) is 3.39. The second-order valence-electron chi connectivity index (χ2n) is 3.29. The Morgan fingerprint density at radius 1 is 1.27 bits per heavy atom. The van der Waals surface area contributed by atoms with E-state index < -0.39 is 11.5 Å². The van der Waals surface area contributed by atoms with Crippen molar-refractivity contribution >= 4 is 18.8 Å². The Hall–Kier alpha value is -0.795. The van der Waals surface area contributed by atoms with Gasteiger partial charge in [-0.15, -0.1) is 0 Å². The second kappa shape index (κ2) is 3.55. The number of hydrogen-bond acceptors (Lipinski definition) is 3. The van der Waals surface area contributed by atoms with Gasteiger partial charge in [-0.2, -0.15) is 0 Å². The molecule has 0 saturated heterocycles. The molecule has 11 heavy (non-hydrogen) atoms. The molecule has 0 bridgehead atoms. The molecule has 0 aromatic rings. The summed E-state index contributed by atoms with van der Waals surface area (Å²) in [6, 6.07) is 0. The van der Waals surface area contributed by atoms with Crippen molar-refractivity contribution in [1.29, 1.82) is 0 Å². The highest BCUT2D eigenvalue weighted by atomic mass is 16.5. The summed E-state index contributed by atoms with van der Waals surface area (Å²) in [6.07, 6.45) is 0. The molecule has 0 unspecified atom stereocenters. The fourth-order valence-corrected chi connectivity index (χ4v) is 0.497. The van der Waals surface area contributed by atoms with Gasteiger partial charge in [0.2, 0.25) is 0 Å². The molecule has 0 N–H and O–H groups in total. The van der Waals surface area contributed by atoms with Gasteiger partial charge in [-0.05, 0) is 27.7 Å². The Morgan fingerprint density at radius 3 is 2.00 bits per heavy atom. The van der Waals surface area contributed by atoms with E-state index in [0.29, 0.717) is 0 Å². The SMILES string of the molecule is CC(=O)[B]C(=O)OC(C)(C)C. The predicted octanol–water partition coefficient (Wildman–Crippen LogP) is 1.17. The maximum absolute atomic E-state index is 10.8. The molecular weight excluding hydrogens is 143 g/mol. The molecule has 0 spiro atoms. The van der Waals surface area contributed by atoms with Gasteiger partial charge in [-0.3, -0.25) is 4.79 Å². The van der Waals surface area contributed by atoms with Crippen LogP contribution in [0.4, 0.5) is 4.79 Å². The smallest absolute Gasteiger partial charge is 0.347 e. The third-order valence-electron chi connectivity index (χ3n) is 0.728. The van der Waals surface area contributed by atoms with Crippen LogP contribution in [0, 0.1) is 0 Å². The number of hydrogen-bond donors (Lipinski definition) is 0. The topological polar surface area (TPSA) is 43.4 Å². The molecule has 4 heteroatoms. The van der Waals surface area contributed by atoms with Crippen LogP contribution >= 0.6 is 0 Å². The van der Waals surface area contributed by atoms with Crippen molar-refractivity contribution in [2.45, 2.75) is 33.3 Å². The van der Waals surface area contributed by atoms with E-state index in [9.17, 15) is 9.59 Å². The highest BCUT2D eigenvalue weighted by molar-refractivity contribution is 6.95. The number of ether oxygens (including phenoxy) is 1. The monoisotopic (exact) mass is 155 g/mol. The summed E-state index contributed by atoms with van der Waals surface area (Å²) in [5.41, 5.74) is -0.817. The van der Waals surface area contributed by atoms with Gasteiger partial charge in [0.25, 0.3) is 5.87 Å². The minimum atomic E-state index is -0.579. The first-order chi connectivity index (χ1) is 4.81. The normalized spacial score (nSPS) is 10.5. The fourth-order valence-electron chi connectivity index (χ4n) is 0.497. The van der Waals surface area contributed by atoms with E-state index in [1.54, 1.807) is 20.8 Å². The van der Waals surface area contributed by atoms with E-state index in [-0.39, 0.29) is 5.68 Å². The lowest BCUT2D eigenvalue weighted by Crippen LogP contribution is -2.28. The molecule has 0 aromatic heterocycles.